The first-order valence-corrected chi connectivity index (χ1v) is 11.6. The molecule has 0 radical (unpaired) electrons. The molecule has 0 aliphatic rings. The number of nitrogens with zero attached hydrogens (tertiary/aromatic N) is 1. The Morgan fingerprint density at radius 2 is 1.64 bits per heavy atom. The predicted octanol–water partition coefficient (Wildman–Crippen LogP) is 3.20. The number of hydrogen-bond acceptors (Lipinski definition) is 7. The number of methoxy groups -OCH3 is 1. The molecule has 0 aromatic heterocycles. The molecule has 0 bridgehead atoms. The fourth-order valence-electron chi connectivity index (χ4n) is 3.46. The Kier molecular flexibility index (Phi) is 10.1. The summed E-state index contributed by atoms with van der Waals surface area (Å²) in [6, 6.07) is 10.2. The first kappa shape index (κ1) is 28.4. The van der Waals surface area contributed by atoms with E-state index >= 15 is 0 Å². The Labute approximate surface area is 211 Å². The van der Waals surface area contributed by atoms with Gasteiger partial charge in [0.05, 0.1) is 13.7 Å². The van der Waals surface area contributed by atoms with Crippen LogP contribution in [0.5, 0.6) is 11.5 Å². The summed E-state index contributed by atoms with van der Waals surface area (Å²) in [7, 11) is 1.53. The van der Waals surface area contributed by atoms with E-state index in [0.29, 0.717) is 23.4 Å². The lowest BCUT2D eigenvalue weighted by Crippen LogP contribution is -2.54. The highest BCUT2D eigenvalue weighted by atomic mass is 16.6. The van der Waals surface area contributed by atoms with Crippen LogP contribution in [-0.2, 0) is 14.3 Å². The topological polar surface area (TPSA) is 137 Å². The molecule has 2 atom stereocenters. The van der Waals surface area contributed by atoms with Crippen LogP contribution in [0.25, 0.3) is 0 Å². The minimum Gasteiger partial charge on any atom is -0.508 e. The number of aliphatic hydroxyl groups excluding tert-OH is 1. The number of anilines is 1. The van der Waals surface area contributed by atoms with Crippen molar-refractivity contribution in [2.75, 3.05) is 25.6 Å². The van der Waals surface area contributed by atoms with Crippen LogP contribution in [0.4, 0.5) is 10.5 Å². The van der Waals surface area contributed by atoms with Gasteiger partial charge in [-0.25, -0.2) is 4.79 Å². The molecule has 0 saturated heterocycles. The van der Waals surface area contributed by atoms with E-state index in [2.05, 4.69) is 10.6 Å². The lowest BCUT2D eigenvalue weighted by atomic mass is 10.0. The Bertz CT molecular complexity index is 1020. The minimum absolute atomic E-state index is 0.00116. The Hall–Kier alpha value is -3.79. The second-order valence-electron chi connectivity index (χ2n) is 9.12. The van der Waals surface area contributed by atoms with Crippen LogP contribution < -0.4 is 15.4 Å². The summed E-state index contributed by atoms with van der Waals surface area (Å²) in [5, 5.41) is 24.8. The maximum atomic E-state index is 13.5. The number of hydrogen-bond donors (Lipinski definition) is 4. The largest absolute Gasteiger partial charge is 0.508 e. The molecule has 36 heavy (non-hydrogen) atoms. The molecule has 3 amide bonds. The van der Waals surface area contributed by atoms with Crippen molar-refractivity contribution < 1.29 is 34.1 Å². The van der Waals surface area contributed by atoms with Gasteiger partial charge in [-0.3, -0.25) is 9.59 Å². The molecule has 0 fully saturated rings. The molecule has 10 nitrogen and oxygen atoms in total. The second kappa shape index (κ2) is 12.8. The fourth-order valence-corrected chi connectivity index (χ4v) is 3.46. The number of phenolic OH excluding ortho intramolecular Hbond substituents is 1. The van der Waals surface area contributed by atoms with Crippen LogP contribution in [0.15, 0.2) is 48.5 Å². The van der Waals surface area contributed by atoms with Crippen LogP contribution in [-0.4, -0.2) is 64.9 Å². The van der Waals surface area contributed by atoms with E-state index in [1.807, 2.05) is 6.92 Å². The summed E-state index contributed by atoms with van der Waals surface area (Å²) in [6.45, 7) is 6.33. The number of nitrogens with one attached hydrogen (secondary N) is 2. The molecular weight excluding hydrogens is 466 g/mol. The zero-order valence-electron chi connectivity index (χ0n) is 21.3. The van der Waals surface area contributed by atoms with Crippen molar-refractivity contribution in [1.82, 2.24) is 10.2 Å². The number of amides is 3. The number of aromatic hydroxyl groups is 1. The molecule has 2 aromatic carbocycles. The first-order valence-electron chi connectivity index (χ1n) is 11.6. The maximum Gasteiger partial charge on any atom is 0.408 e. The molecule has 2 aromatic rings. The van der Waals surface area contributed by atoms with Gasteiger partial charge in [-0.2, -0.15) is 0 Å². The van der Waals surface area contributed by atoms with E-state index in [1.54, 1.807) is 57.2 Å². The highest BCUT2D eigenvalue weighted by Crippen LogP contribution is 2.27. The zero-order valence-corrected chi connectivity index (χ0v) is 21.3. The number of alkyl carbamates (subject to hydrolysis) is 1. The van der Waals surface area contributed by atoms with Gasteiger partial charge >= 0.3 is 6.09 Å². The van der Waals surface area contributed by atoms with E-state index in [-0.39, 0.29) is 12.3 Å². The van der Waals surface area contributed by atoms with Gasteiger partial charge in [0.2, 0.25) is 5.91 Å². The van der Waals surface area contributed by atoms with Crippen molar-refractivity contribution in [3.05, 3.63) is 54.1 Å². The molecule has 0 saturated carbocycles. The predicted molar refractivity (Wildman–Crippen MR) is 135 cm³/mol. The molecule has 0 spiro atoms. The van der Waals surface area contributed by atoms with Gasteiger partial charge in [-0.1, -0.05) is 19.1 Å². The van der Waals surface area contributed by atoms with Gasteiger partial charge in [-0.15, -0.1) is 0 Å². The van der Waals surface area contributed by atoms with Crippen LogP contribution in [0, 0.1) is 0 Å². The van der Waals surface area contributed by atoms with Crippen LogP contribution in [0.2, 0.25) is 0 Å². The van der Waals surface area contributed by atoms with Gasteiger partial charge in [0.25, 0.3) is 5.91 Å². The average molecular weight is 502 g/mol. The normalized spacial score (nSPS) is 12.7. The number of carbonyl (C=O) groups excluding carboxylic acids is 3. The third-order valence-corrected chi connectivity index (χ3v) is 5.05. The van der Waals surface area contributed by atoms with Crippen molar-refractivity contribution >= 4 is 23.6 Å². The second-order valence-corrected chi connectivity index (χ2v) is 9.12. The Balaban J connectivity index is 2.40. The van der Waals surface area contributed by atoms with E-state index in [1.165, 1.54) is 24.1 Å². The molecule has 0 heterocycles. The fraction of sp³-hybridized carbons (Fsp3) is 0.423. The van der Waals surface area contributed by atoms with Gasteiger partial charge in [0, 0.05) is 12.2 Å². The minimum atomic E-state index is -1.33. The van der Waals surface area contributed by atoms with Crippen LogP contribution >= 0.6 is 0 Å². The number of phenols is 1. The first-order chi connectivity index (χ1) is 17.0. The van der Waals surface area contributed by atoms with Crippen LogP contribution in [0.1, 0.15) is 45.7 Å². The summed E-state index contributed by atoms with van der Waals surface area (Å²) in [5.74, 6) is -0.555. The van der Waals surface area contributed by atoms with Gasteiger partial charge < -0.3 is 35.2 Å². The Morgan fingerprint density at radius 3 is 2.14 bits per heavy atom. The number of ether oxygens (including phenoxy) is 2. The SMILES string of the molecule is CCCN(C(=O)C(CO)NC(=O)OC(C)(C)C)C(C(=O)Nc1ccc(OC)cc1)c1ccc(O)cc1. The molecule has 2 rings (SSSR count). The van der Waals surface area contributed by atoms with Crippen molar-refractivity contribution in [3.63, 3.8) is 0 Å². The molecule has 2 unspecified atom stereocenters. The van der Waals surface area contributed by atoms with E-state index in [9.17, 15) is 24.6 Å². The van der Waals surface area contributed by atoms with Gasteiger partial charge in [0.15, 0.2) is 0 Å². The van der Waals surface area contributed by atoms with Gasteiger partial charge in [-0.05, 0) is 69.2 Å². The third kappa shape index (κ3) is 8.16. The number of benzene rings is 2. The monoisotopic (exact) mass is 501 g/mol. The number of aliphatic hydroxyl groups is 1. The summed E-state index contributed by atoms with van der Waals surface area (Å²) >= 11 is 0. The molecule has 10 heteroatoms. The molecule has 0 aliphatic heterocycles. The van der Waals surface area contributed by atoms with Crippen molar-refractivity contribution in [2.45, 2.75) is 51.8 Å². The van der Waals surface area contributed by atoms with Crippen LogP contribution in [0.3, 0.4) is 0 Å². The summed E-state index contributed by atoms with van der Waals surface area (Å²) in [6.07, 6.45) is -0.365. The maximum absolute atomic E-state index is 13.5. The average Bonchev–Trinajstić information content (AvgIpc) is 2.82. The molecule has 196 valence electrons. The third-order valence-electron chi connectivity index (χ3n) is 5.05. The molecule has 4 N–H and O–H groups in total. The molecule has 0 aliphatic carbocycles. The Morgan fingerprint density at radius 1 is 1.03 bits per heavy atom. The van der Waals surface area contributed by atoms with Crippen molar-refractivity contribution in [2.24, 2.45) is 0 Å². The van der Waals surface area contributed by atoms with Crippen molar-refractivity contribution in [1.29, 1.82) is 0 Å². The lowest BCUT2D eigenvalue weighted by Gasteiger charge is -2.34. The van der Waals surface area contributed by atoms with E-state index < -0.39 is 42.2 Å². The number of rotatable bonds is 10. The van der Waals surface area contributed by atoms with Crippen molar-refractivity contribution in [3.8, 4) is 11.5 Å². The standard InChI is InChI=1S/C26H35N3O7/c1-6-15-29(24(33)21(16-30)28-25(34)36-26(2,3)4)22(17-7-11-19(31)12-8-17)23(32)27-18-9-13-20(35-5)14-10-18/h7-14,21-22,30-31H,6,15-16H2,1-5H3,(H,27,32)(H,28,34). The number of carbonyl (C=O) groups is 3. The summed E-state index contributed by atoms with van der Waals surface area (Å²) < 4.78 is 10.4. The van der Waals surface area contributed by atoms with E-state index in [4.69, 9.17) is 9.47 Å². The lowest BCUT2D eigenvalue weighted by molar-refractivity contribution is -0.141. The quantitative estimate of drug-likeness (QED) is 0.392. The summed E-state index contributed by atoms with van der Waals surface area (Å²) in [5.41, 5.74) is 0.122. The zero-order chi connectivity index (χ0) is 26.9. The smallest absolute Gasteiger partial charge is 0.408 e. The summed E-state index contributed by atoms with van der Waals surface area (Å²) in [4.78, 5) is 40.6. The van der Waals surface area contributed by atoms with Gasteiger partial charge in [0.1, 0.15) is 29.2 Å². The highest BCUT2D eigenvalue weighted by molar-refractivity contribution is 5.99. The van der Waals surface area contributed by atoms with E-state index in [0.717, 1.165) is 0 Å². The molecular formula is C26H35N3O7. The highest BCUT2D eigenvalue weighted by Gasteiger charge is 2.35.